The van der Waals surface area contributed by atoms with Crippen molar-refractivity contribution in [2.24, 2.45) is 0 Å². The Bertz CT molecular complexity index is 2170. The molecule has 0 unspecified atom stereocenters. The lowest BCUT2D eigenvalue weighted by molar-refractivity contribution is -0.144. The van der Waals surface area contributed by atoms with Gasteiger partial charge in [-0.25, -0.2) is 14.2 Å². The molecule has 6 aromatic rings. The van der Waals surface area contributed by atoms with Crippen LogP contribution in [0.5, 0.6) is 0 Å². The maximum absolute atomic E-state index is 14.1. The Labute approximate surface area is 234 Å². The SMILES string of the molecule is O=C(O)c1cc(-n2c(=O)cc(C(F)(F)F)n(Cc3ccc4ccc5c6ccccc6ccc5c4c3)c2=O)ccc1Cl. The zero-order chi connectivity index (χ0) is 29.1. The minimum atomic E-state index is -5.01. The van der Waals surface area contributed by atoms with E-state index in [0.29, 0.717) is 20.8 Å². The van der Waals surface area contributed by atoms with E-state index in [0.717, 1.165) is 44.5 Å². The van der Waals surface area contributed by atoms with Gasteiger partial charge in [-0.1, -0.05) is 72.3 Å². The first-order valence-corrected chi connectivity index (χ1v) is 12.7. The highest BCUT2D eigenvalue weighted by Crippen LogP contribution is 2.33. The Hall–Kier alpha value is -4.89. The van der Waals surface area contributed by atoms with Crippen molar-refractivity contribution in [3.8, 4) is 5.69 Å². The van der Waals surface area contributed by atoms with Crippen LogP contribution in [-0.2, 0) is 12.7 Å². The monoisotopic (exact) mass is 574 g/mol. The number of aromatic nitrogens is 2. The number of carbonyl (C=O) groups is 1. The Morgan fingerprint density at radius 3 is 2.15 bits per heavy atom. The molecule has 0 aliphatic heterocycles. The van der Waals surface area contributed by atoms with Crippen molar-refractivity contribution in [2.75, 3.05) is 0 Å². The fourth-order valence-electron chi connectivity index (χ4n) is 5.17. The van der Waals surface area contributed by atoms with Gasteiger partial charge in [-0.15, -0.1) is 0 Å². The second-order valence-electron chi connectivity index (χ2n) is 9.54. The second kappa shape index (κ2) is 9.64. The van der Waals surface area contributed by atoms with Crippen molar-refractivity contribution in [2.45, 2.75) is 12.7 Å². The summed E-state index contributed by atoms with van der Waals surface area (Å²) < 4.78 is 43.2. The lowest BCUT2D eigenvalue weighted by Gasteiger charge is -2.18. The van der Waals surface area contributed by atoms with Crippen LogP contribution in [0.1, 0.15) is 21.6 Å². The van der Waals surface area contributed by atoms with Gasteiger partial charge in [0.1, 0.15) is 5.69 Å². The number of fused-ring (bicyclic) bond motifs is 5. The van der Waals surface area contributed by atoms with Gasteiger partial charge in [0.25, 0.3) is 5.56 Å². The molecule has 5 aromatic carbocycles. The van der Waals surface area contributed by atoms with Crippen molar-refractivity contribution in [1.82, 2.24) is 9.13 Å². The van der Waals surface area contributed by atoms with Gasteiger partial charge in [0.15, 0.2) is 0 Å². The number of carboxylic acid groups (broad SMARTS) is 1. The summed E-state index contributed by atoms with van der Waals surface area (Å²) in [4.78, 5) is 37.8. The van der Waals surface area contributed by atoms with E-state index in [2.05, 4.69) is 0 Å². The molecule has 0 saturated heterocycles. The van der Waals surface area contributed by atoms with Crippen LogP contribution in [0.15, 0.2) is 101 Å². The molecule has 0 saturated carbocycles. The van der Waals surface area contributed by atoms with Gasteiger partial charge in [-0.2, -0.15) is 13.2 Å². The third kappa shape index (κ3) is 4.54. The minimum absolute atomic E-state index is 0.155. The number of halogens is 4. The van der Waals surface area contributed by atoms with E-state index < -0.39 is 41.2 Å². The molecule has 0 aliphatic rings. The molecule has 41 heavy (non-hydrogen) atoms. The average Bonchev–Trinajstić information content (AvgIpc) is 2.94. The van der Waals surface area contributed by atoms with E-state index in [1.54, 1.807) is 18.2 Å². The summed E-state index contributed by atoms with van der Waals surface area (Å²) >= 11 is 5.90. The molecule has 0 fully saturated rings. The number of benzene rings is 5. The third-order valence-electron chi connectivity index (χ3n) is 7.07. The molecule has 1 aromatic heterocycles. The second-order valence-corrected chi connectivity index (χ2v) is 9.95. The zero-order valence-electron chi connectivity index (χ0n) is 20.9. The van der Waals surface area contributed by atoms with Gasteiger partial charge >= 0.3 is 17.8 Å². The molecule has 0 bridgehead atoms. The van der Waals surface area contributed by atoms with E-state index in [4.69, 9.17) is 11.6 Å². The van der Waals surface area contributed by atoms with E-state index >= 15 is 0 Å². The van der Waals surface area contributed by atoms with E-state index in [1.807, 2.05) is 48.5 Å². The van der Waals surface area contributed by atoms with Crippen LogP contribution in [0.4, 0.5) is 13.2 Å². The van der Waals surface area contributed by atoms with E-state index in [1.165, 1.54) is 6.07 Å². The Balaban J connectivity index is 1.55. The van der Waals surface area contributed by atoms with Gasteiger partial charge in [-0.05, 0) is 62.1 Å². The van der Waals surface area contributed by atoms with Gasteiger partial charge in [0.2, 0.25) is 0 Å². The average molecular weight is 575 g/mol. The predicted molar refractivity (Wildman–Crippen MR) is 151 cm³/mol. The summed E-state index contributed by atoms with van der Waals surface area (Å²) in [6, 6.07) is 24.5. The first kappa shape index (κ1) is 26.3. The van der Waals surface area contributed by atoms with Crippen LogP contribution >= 0.6 is 11.6 Å². The fraction of sp³-hybridized carbons (Fsp3) is 0.0645. The fourth-order valence-corrected chi connectivity index (χ4v) is 5.36. The number of hydrogen-bond acceptors (Lipinski definition) is 3. The summed E-state index contributed by atoms with van der Waals surface area (Å²) in [6.45, 7) is -0.493. The number of alkyl halides is 3. The molecule has 0 radical (unpaired) electrons. The quantitative estimate of drug-likeness (QED) is 0.233. The Morgan fingerprint density at radius 1 is 0.780 bits per heavy atom. The largest absolute Gasteiger partial charge is 0.478 e. The highest BCUT2D eigenvalue weighted by Gasteiger charge is 2.36. The van der Waals surface area contributed by atoms with Crippen LogP contribution < -0.4 is 11.2 Å². The molecule has 1 N–H and O–H groups in total. The van der Waals surface area contributed by atoms with Crippen molar-refractivity contribution in [1.29, 1.82) is 0 Å². The molecule has 0 spiro atoms. The van der Waals surface area contributed by atoms with Crippen LogP contribution in [0.2, 0.25) is 5.02 Å². The summed E-state index contributed by atoms with van der Waals surface area (Å²) in [5.74, 6) is -1.42. The van der Waals surface area contributed by atoms with Crippen LogP contribution in [0, 0.1) is 0 Å². The molecular weight excluding hydrogens is 557 g/mol. The topological polar surface area (TPSA) is 81.3 Å². The summed E-state index contributed by atoms with van der Waals surface area (Å²) in [5, 5.41) is 14.9. The minimum Gasteiger partial charge on any atom is -0.478 e. The molecule has 0 atom stereocenters. The number of rotatable bonds is 4. The molecular formula is C31H18ClF3N2O4. The first-order valence-electron chi connectivity index (χ1n) is 12.3. The van der Waals surface area contributed by atoms with Crippen molar-refractivity contribution >= 4 is 49.9 Å². The van der Waals surface area contributed by atoms with Crippen LogP contribution in [0.25, 0.3) is 38.0 Å². The number of hydrogen-bond donors (Lipinski definition) is 1. The summed E-state index contributed by atoms with van der Waals surface area (Å²) in [7, 11) is 0. The smallest absolute Gasteiger partial charge is 0.431 e. The summed E-state index contributed by atoms with van der Waals surface area (Å²) in [5.41, 5.74) is -4.17. The molecule has 0 amide bonds. The lowest BCUT2D eigenvalue weighted by atomic mass is 9.96. The van der Waals surface area contributed by atoms with Crippen molar-refractivity contribution in [3.05, 3.63) is 134 Å². The normalized spacial score (nSPS) is 11.9. The molecule has 6 nitrogen and oxygen atoms in total. The molecule has 6 rings (SSSR count). The lowest BCUT2D eigenvalue weighted by Crippen LogP contribution is -2.42. The first-order chi connectivity index (χ1) is 19.5. The van der Waals surface area contributed by atoms with Gasteiger partial charge in [-0.3, -0.25) is 9.36 Å². The van der Waals surface area contributed by atoms with Crippen LogP contribution in [-0.4, -0.2) is 20.2 Å². The Morgan fingerprint density at radius 2 is 1.44 bits per heavy atom. The van der Waals surface area contributed by atoms with Gasteiger partial charge in [0.05, 0.1) is 22.8 Å². The molecule has 204 valence electrons. The number of carboxylic acids is 1. The number of nitrogens with zero attached hydrogens (tertiary/aromatic N) is 2. The molecule has 1 heterocycles. The van der Waals surface area contributed by atoms with Gasteiger partial charge in [0, 0.05) is 6.07 Å². The molecule has 0 aliphatic carbocycles. The molecule has 10 heteroatoms. The van der Waals surface area contributed by atoms with Crippen molar-refractivity contribution in [3.63, 3.8) is 0 Å². The highest BCUT2D eigenvalue weighted by molar-refractivity contribution is 6.33. The van der Waals surface area contributed by atoms with Gasteiger partial charge < -0.3 is 5.11 Å². The maximum Gasteiger partial charge on any atom is 0.431 e. The Kier molecular flexibility index (Phi) is 6.19. The maximum atomic E-state index is 14.1. The number of aromatic carboxylic acids is 1. The van der Waals surface area contributed by atoms with E-state index in [-0.39, 0.29) is 10.7 Å². The van der Waals surface area contributed by atoms with Crippen molar-refractivity contribution < 1.29 is 23.1 Å². The summed E-state index contributed by atoms with van der Waals surface area (Å²) in [6.07, 6.45) is -5.01. The van der Waals surface area contributed by atoms with E-state index in [9.17, 15) is 32.7 Å². The zero-order valence-corrected chi connectivity index (χ0v) is 21.7. The predicted octanol–water partition coefficient (Wildman–Crippen LogP) is 6.88. The van der Waals surface area contributed by atoms with Crippen LogP contribution in [0.3, 0.4) is 0 Å². The standard InChI is InChI=1S/C31H18ClF3N2O4/c32-26-12-9-20(14-25(26)29(39)40)37-28(38)15-27(31(33,34)35)36(30(37)41)16-17-5-6-19-8-10-22-21-4-2-1-3-18(21)7-11-23(22)24(19)13-17/h1-15H,16H2,(H,39,40). The highest BCUT2D eigenvalue weighted by atomic mass is 35.5. The third-order valence-corrected chi connectivity index (χ3v) is 7.40.